The maximum absolute atomic E-state index is 13.5. The van der Waals surface area contributed by atoms with Crippen molar-refractivity contribution in [2.75, 3.05) is 25.5 Å². The van der Waals surface area contributed by atoms with Crippen molar-refractivity contribution in [2.24, 2.45) is 5.41 Å². The highest BCUT2D eigenvalue weighted by molar-refractivity contribution is 6.20. The second-order valence-corrected chi connectivity index (χ2v) is 8.08. The number of hydrogen-bond donors (Lipinski definition) is 0. The normalized spacial score (nSPS) is 20.7. The Morgan fingerprint density at radius 2 is 1.73 bits per heavy atom. The van der Waals surface area contributed by atoms with Crippen LogP contribution in [0.1, 0.15) is 45.1 Å². The fourth-order valence-electron chi connectivity index (χ4n) is 4.76. The second-order valence-electron chi connectivity index (χ2n) is 8.08. The predicted molar refractivity (Wildman–Crippen MR) is 111 cm³/mol. The molecule has 0 N–H and O–H groups in total. The minimum Gasteiger partial charge on any atom is -0.367 e. The molecular formula is C21H28N4O5. The fraction of sp³-hybridized carbons (Fsp3) is 0.571. The minimum atomic E-state index is -1.48. The zero-order valence-corrected chi connectivity index (χ0v) is 17.9. The van der Waals surface area contributed by atoms with Crippen molar-refractivity contribution >= 4 is 29.2 Å². The van der Waals surface area contributed by atoms with Crippen LogP contribution in [0, 0.1) is 15.5 Å². The van der Waals surface area contributed by atoms with Gasteiger partial charge in [-0.15, -0.1) is 0 Å². The quantitative estimate of drug-likeness (QED) is 0.401. The number of imide groups is 2. The van der Waals surface area contributed by atoms with Crippen LogP contribution in [0.4, 0.5) is 16.2 Å². The second kappa shape index (κ2) is 8.04. The molecule has 1 aromatic rings. The third-order valence-electron chi connectivity index (χ3n) is 6.26. The molecule has 30 heavy (non-hydrogen) atoms. The Morgan fingerprint density at radius 1 is 1.10 bits per heavy atom. The number of amides is 4. The molecule has 1 spiro atoms. The summed E-state index contributed by atoms with van der Waals surface area (Å²) in [5.41, 5.74) is -0.156. The van der Waals surface area contributed by atoms with Gasteiger partial charge in [-0.05, 0) is 24.5 Å². The van der Waals surface area contributed by atoms with Crippen LogP contribution in [-0.2, 0) is 16.0 Å². The number of hydrogen-bond acceptors (Lipinski definition) is 6. The zero-order valence-electron chi connectivity index (χ0n) is 17.9. The van der Waals surface area contributed by atoms with E-state index in [9.17, 15) is 24.5 Å². The predicted octanol–water partition coefficient (Wildman–Crippen LogP) is 2.96. The molecule has 0 unspecified atom stereocenters. The van der Waals surface area contributed by atoms with E-state index < -0.39 is 34.2 Å². The van der Waals surface area contributed by atoms with Crippen LogP contribution >= 0.6 is 0 Å². The number of unbranched alkanes of at least 4 members (excludes halogenated alkanes) is 1. The molecule has 0 radical (unpaired) electrons. The number of non-ortho nitro benzene ring substituents is 1. The Bertz CT molecular complexity index is 875. The molecule has 0 aromatic heterocycles. The summed E-state index contributed by atoms with van der Waals surface area (Å²) >= 11 is 0. The van der Waals surface area contributed by atoms with Gasteiger partial charge in [-0.25, -0.2) is 4.79 Å². The van der Waals surface area contributed by atoms with Crippen LogP contribution in [0.25, 0.3) is 0 Å². The van der Waals surface area contributed by atoms with Crippen molar-refractivity contribution in [3.8, 4) is 0 Å². The van der Waals surface area contributed by atoms with Gasteiger partial charge in [0.1, 0.15) is 0 Å². The summed E-state index contributed by atoms with van der Waals surface area (Å²) < 4.78 is 0. The third-order valence-corrected chi connectivity index (χ3v) is 6.26. The highest BCUT2D eigenvalue weighted by atomic mass is 16.6. The average molecular weight is 416 g/mol. The highest BCUT2D eigenvalue weighted by Crippen LogP contribution is 2.47. The smallest absolute Gasteiger partial charge is 0.332 e. The molecule has 9 heteroatoms. The van der Waals surface area contributed by atoms with Crippen LogP contribution in [0.3, 0.4) is 0 Å². The van der Waals surface area contributed by atoms with E-state index in [4.69, 9.17) is 0 Å². The maximum atomic E-state index is 13.5. The SMILES string of the molecule is CCCCN1c2ccc([N+](=O)[O-])cc2CC2(C(=O)N(C)C(=O)N(C)C2=O)[C@@H]1CCC. The number of carbonyl (C=O) groups is 3. The van der Waals surface area contributed by atoms with Gasteiger partial charge in [0, 0.05) is 44.9 Å². The number of nitrogens with zero attached hydrogens (tertiary/aromatic N) is 4. The van der Waals surface area contributed by atoms with Crippen LogP contribution in [0.2, 0.25) is 0 Å². The molecule has 162 valence electrons. The summed E-state index contributed by atoms with van der Waals surface area (Å²) in [6.07, 6.45) is 3.15. The molecule has 1 fully saturated rings. The van der Waals surface area contributed by atoms with Crippen molar-refractivity contribution in [2.45, 2.75) is 52.0 Å². The van der Waals surface area contributed by atoms with Gasteiger partial charge >= 0.3 is 6.03 Å². The molecule has 2 aliphatic heterocycles. The average Bonchev–Trinajstić information content (AvgIpc) is 2.74. The summed E-state index contributed by atoms with van der Waals surface area (Å²) in [5, 5.41) is 11.3. The number of nitro groups is 1. The number of carbonyl (C=O) groups excluding carboxylic acids is 3. The summed E-state index contributed by atoms with van der Waals surface area (Å²) in [7, 11) is 2.77. The summed E-state index contributed by atoms with van der Waals surface area (Å²) in [6, 6.07) is 3.55. The topological polar surface area (TPSA) is 104 Å². The number of nitro benzene ring substituents is 1. The highest BCUT2D eigenvalue weighted by Gasteiger charge is 2.62. The lowest BCUT2D eigenvalue weighted by Crippen LogP contribution is -2.71. The van der Waals surface area contributed by atoms with E-state index in [-0.39, 0.29) is 12.1 Å². The van der Waals surface area contributed by atoms with Gasteiger partial charge in [0.15, 0.2) is 5.41 Å². The number of barbiturate groups is 1. The number of anilines is 1. The van der Waals surface area contributed by atoms with Gasteiger partial charge in [-0.1, -0.05) is 26.7 Å². The van der Waals surface area contributed by atoms with Gasteiger partial charge in [0.2, 0.25) is 11.8 Å². The third kappa shape index (κ3) is 3.12. The number of benzene rings is 1. The molecule has 2 heterocycles. The molecule has 9 nitrogen and oxygen atoms in total. The van der Waals surface area contributed by atoms with E-state index in [1.54, 1.807) is 6.07 Å². The van der Waals surface area contributed by atoms with Crippen molar-refractivity contribution in [1.29, 1.82) is 0 Å². The van der Waals surface area contributed by atoms with Crippen molar-refractivity contribution in [3.63, 3.8) is 0 Å². The largest absolute Gasteiger partial charge is 0.367 e. The van der Waals surface area contributed by atoms with Crippen molar-refractivity contribution < 1.29 is 19.3 Å². The van der Waals surface area contributed by atoms with Crippen molar-refractivity contribution in [3.05, 3.63) is 33.9 Å². The van der Waals surface area contributed by atoms with Gasteiger partial charge in [0.05, 0.1) is 11.0 Å². The van der Waals surface area contributed by atoms with Gasteiger partial charge in [-0.2, -0.15) is 0 Å². The molecule has 4 amide bonds. The maximum Gasteiger partial charge on any atom is 0.332 e. The van der Waals surface area contributed by atoms with Crippen LogP contribution in [0.15, 0.2) is 18.2 Å². The van der Waals surface area contributed by atoms with Crippen LogP contribution in [-0.4, -0.2) is 59.3 Å². The molecule has 1 aromatic carbocycles. The Morgan fingerprint density at radius 3 is 2.27 bits per heavy atom. The minimum absolute atomic E-state index is 0.0386. The molecule has 0 saturated carbocycles. The molecular weight excluding hydrogens is 388 g/mol. The van der Waals surface area contributed by atoms with E-state index in [1.165, 1.54) is 26.2 Å². The van der Waals surface area contributed by atoms with Gasteiger partial charge in [0.25, 0.3) is 5.69 Å². The standard InChI is InChI=1S/C21H28N4O5/c1-5-7-11-24-16-10-9-15(25(29)30)12-14(16)13-21(17(24)8-6-2)18(26)22(3)20(28)23(4)19(21)27/h9-10,12,17H,5-8,11,13H2,1-4H3/t17-/m0/s1. The number of rotatable bonds is 6. The summed E-state index contributed by atoms with van der Waals surface area (Å²) in [6.45, 7) is 4.67. The Kier molecular flexibility index (Phi) is 5.83. The van der Waals surface area contributed by atoms with E-state index in [2.05, 4.69) is 11.8 Å². The number of urea groups is 1. The number of fused-ring (bicyclic) bond motifs is 1. The molecule has 0 aliphatic carbocycles. The van der Waals surface area contributed by atoms with E-state index in [0.29, 0.717) is 18.5 Å². The summed E-state index contributed by atoms with van der Waals surface area (Å²) in [5.74, 6) is -1.07. The first-order valence-corrected chi connectivity index (χ1v) is 10.3. The zero-order chi connectivity index (χ0) is 22.2. The molecule has 2 aliphatic rings. The monoisotopic (exact) mass is 416 g/mol. The van der Waals surface area contributed by atoms with Gasteiger partial charge < -0.3 is 4.90 Å². The molecule has 1 saturated heterocycles. The van der Waals surface area contributed by atoms with Crippen molar-refractivity contribution in [1.82, 2.24) is 9.80 Å². The van der Waals surface area contributed by atoms with E-state index in [1.807, 2.05) is 6.92 Å². The molecule has 3 rings (SSSR count). The van der Waals surface area contributed by atoms with E-state index in [0.717, 1.165) is 34.7 Å². The Labute approximate surface area is 175 Å². The lowest BCUT2D eigenvalue weighted by Gasteiger charge is -2.53. The van der Waals surface area contributed by atoms with Gasteiger partial charge in [-0.3, -0.25) is 29.5 Å². The molecule has 0 bridgehead atoms. The first kappa shape index (κ1) is 21.7. The lowest BCUT2D eigenvalue weighted by atomic mass is 9.67. The fourth-order valence-corrected chi connectivity index (χ4v) is 4.76. The van der Waals surface area contributed by atoms with Crippen LogP contribution < -0.4 is 4.90 Å². The first-order valence-electron chi connectivity index (χ1n) is 10.3. The van der Waals surface area contributed by atoms with E-state index >= 15 is 0 Å². The summed E-state index contributed by atoms with van der Waals surface area (Å²) in [4.78, 5) is 54.3. The first-order chi connectivity index (χ1) is 14.2. The van der Waals surface area contributed by atoms with Crippen LogP contribution in [0.5, 0.6) is 0 Å². The Hall–Kier alpha value is -2.97. The molecule has 1 atom stereocenters. The lowest BCUT2D eigenvalue weighted by molar-refractivity contribution is -0.384. The Balaban J connectivity index is 2.25.